The third kappa shape index (κ3) is 8.34. The Labute approximate surface area is 322 Å². The van der Waals surface area contributed by atoms with Gasteiger partial charge in [0, 0.05) is 11.8 Å². The van der Waals surface area contributed by atoms with Gasteiger partial charge in [-0.3, -0.25) is 14.4 Å². The zero-order chi connectivity index (χ0) is 40.0. The summed E-state index contributed by atoms with van der Waals surface area (Å²) in [4.78, 5) is 53.8. The summed E-state index contributed by atoms with van der Waals surface area (Å²) in [6.45, 7) is 22.7. The fourth-order valence-corrected chi connectivity index (χ4v) is 11.5. The van der Waals surface area contributed by atoms with Crippen molar-refractivity contribution in [2.24, 2.45) is 56.7 Å². The molecule has 1 N–H and O–H groups in total. The molecule has 0 radical (unpaired) electrons. The fourth-order valence-electron chi connectivity index (χ4n) is 11.5. The van der Waals surface area contributed by atoms with Crippen LogP contribution in [0.15, 0.2) is 23.8 Å². The predicted octanol–water partition coefficient (Wildman–Crippen LogP) is 7.09. The first kappa shape index (κ1) is 42.4. The molecule has 0 spiro atoms. The van der Waals surface area contributed by atoms with Gasteiger partial charge in [0.05, 0.1) is 32.2 Å². The maximum atomic E-state index is 14.5. The molecule has 0 aromatic carbocycles. The van der Waals surface area contributed by atoms with Crippen LogP contribution in [-0.4, -0.2) is 74.6 Å². The van der Waals surface area contributed by atoms with Crippen molar-refractivity contribution in [1.29, 1.82) is 0 Å². The molecule has 0 amide bonds. The lowest BCUT2D eigenvalue weighted by atomic mass is 9.48. The minimum Gasteiger partial charge on any atom is -0.467 e. The summed E-state index contributed by atoms with van der Waals surface area (Å²) in [5.41, 5.74) is 0.626. The van der Waals surface area contributed by atoms with Crippen LogP contribution in [0.5, 0.6) is 0 Å². The van der Waals surface area contributed by atoms with E-state index in [-0.39, 0.29) is 40.6 Å². The molecule has 5 rings (SSSR count). The van der Waals surface area contributed by atoms with Gasteiger partial charge in [0.25, 0.3) is 0 Å². The molecular formula is C43H66O11. The molecule has 1 heterocycles. The zero-order valence-electron chi connectivity index (χ0n) is 34.4. The molecule has 6 unspecified atom stereocenters. The average Bonchev–Trinajstić information content (AvgIpc) is 3.45. The summed E-state index contributed by atoms with van der Waals surface area (Å²) in [5, 5.41) is 10.9. The van der Waals surface area contributed by atoms with Gasteiger partial charge in [-0.15, -0.1) is 0 Å². The molecule has 304 valence electrons. The van der Waals surface area contributed by atoms with Gasteiger partial charge in [-0.2, -0.15) is 0 Å². The van der Waals surface area contributed by atoms with Crippen LogP contribution in [0.4, 0.5) is 0 Å². The van der Waals surface area contributed by atoms with Gasteiger partial charge in [-0.25, -0.2) is 4.79 Å². The first-order valence-corrected chi connectivity index (χ1v) is 19.9. The van der Waals surface area contributed by atoms with Crippen molar-refractivity contribution in [3.8, 4) is 0 Å². The monoisotopic (exact) mass is 758 g/mol. The van der Waals surface area contributed by atoms with Crippen molar-refractivity contribution in [3.63, 3.8) is 0 Å². The second kappa shape index (κ2) is 15.6. The summed E-state index contributed by atoms with van der Waals surface area (Å²) < 4.78 is 34.1. The van der Waals surface area contributed by atoms with Crippen molar-refractivity contribution < 1.29 is 52.7 Å². The smallest absolute Gasteiger partial charge is 0.335 e. The Morgan fingerprint density at radius 2 is 1.67 bits per heavy atom. The number of allylic oxidation sites excluding steroid dienone is 1. The van der Waals surface area contributed by atoms with Gasteiger partial charge < -0.3 is 33.5 Å². The molecule has 10 atom stereocenters. The van der Waals surface area contributed by atoms with Crippen LogP contribution in [0.3, 0.4) is 0 Å². The maximum absolute atomic E-state index is 14.5. The Morgan fingerprint density at radius 3 is 2.33 bits per heavy atom. The van der Waals surface area contributed by atoms with E-state index in [1.807, 2.05) is 0 Å². The number of carbonyl (C=O) groups excluding carboxylic acids is 4. The highest BCUT2D eigenvalue weighted by Gasteiger charge is 2.60. The largest absolute Gasteiger partial charge is 0.467 e. The molecule has 1 aliphatic heterocycles. The van der Waals surface area contributed by atoms with Gasteiger partial charge in [-0.1, -0.05) is 66.2 Å². The quantitative estimate of drug-likeness (QED) is 0.0999. The van der Waals surface area contributed by atoms with E-state index in [0.29, 0.717) is 25.4 Å². The van der Waals surface area contributed by atoms with Crippen LogP contribution in [0.2, 0.25) is 0 Å². The molecule has 11 heteroatoms. The number of ether oxygens (including phenoxy) is 6. The Bertz CT molecular complexity index is 1490. The molecule has 54 heavy (non-hydrogen) atoms. The van der Waals surface area contributed by atoms with Crippen LogP contribution in [0.25, 0.3) is 0 Å². The molecule has 4 fully saturated rings. The molecular weight excluding hydrogens is 692 g/mol. The second-order valence-electron chi connectivity index (χ2n) is 19.8. The fraction of sp³-hybridized carbons (Fsp3) is 0.814. The van der Waals surface area contributed by atoms with Crippen LogP contribution in [-0.2, 0) is 47.6 Å². The van der Waals surface area contributed by atoms with Crippen molar-refractivity contribution >= 4 is 23.9 Å². The SMILES string of the molecule is C=C1CC[C@H]2C(C)(C)CCCC2(C)C1COC(C(=O)OC)C(CC(=O)OCOC(=O)C(C)(C)C)C(=O)O[C@H]1CC(C)(C)[C@@H]2CC=C3CO[C@@H](O)C3C2(C)C1. The molecule has 11 nitrogen and oxygen atoms in total. The van der Waals surface area contributed by atoms with Crippen molar-refractivity contribution in [2.75, 3.05) is 27.1 Å². The van der Waals surface area contributed by atoms with Crippen LogP contribution in [0, 0.1) is 56.7 Å². The highest BCUT2D eigenvalue weighted by atomic mass is 16.7. The van der Waals surface area contributed by atoms with Gasteiger partial charge in [0.1, 0.15) is 12.0 Å². The van der Waals surface area contributed by atoms with Crippen molar-refractivity contribution in [3.05, 3.63) is 23.8 Å². The van der Waals surface area contributed by atoms with Crippen LogP contribution < -0.4 is 0 Å². The van der Waals surface area contributed by atoms with Gasteiger partial charge in [0.15, 0.2) is 12.4 Å². The Kier molecular flexibility index (Phi) is 12.3. The van der Waals surface area contributed by atoms with E-state index in [1.165, 1.54) is 7.11 Å². The maximum Gasteiger partial charge on any atom is 0.335 e. The number of carbonyl (C=O) groups is 4. The summed E-state index contributed by atoms with van der Waals surface area (Å²) in [7, 11) is 1.22. The van der Waals surface area contributed by atoms with Gasteiger partial charge in [0.2, 0.25) is 6.79 Å². The molecule has 5 aliphatic rings. The topological polar surface area (TPSA) is 144 Å². The highest BCUT2D eigenvalue weighted by Crippen LogP contribution is 2.63. The standard InChI is InChI=1S/C43H66O11/c1-25-13-15-30-40(5,6)17-12-18-42(30,9)29(25)23-50-34(37(47)49-11)28(19-32(44)52-24-53-38(48)39(2,3)4)35(45)54-27-20-41(7,8)31-16-14-26-22-51-36(46)33(26)43(31,10)21-27/h14,27-31,33-34,36,46H,1,12-13,15-24H2,2-11H3/t27-,28?,29?,30-,31-,33?,34?,36+,42?,43?/m0/s1. The number of aliphatic hydroxyl groups is 1. The second-order valence-corrected chi connectivity index (χ2v) is 19.8. The minimum atomic E-state index is -1.48. The number of rotatable bonds is 11. The van der Waals surface area contributed by atoms with E-state index in [1.54, 1.807) is 20.8 Å². The lowest BCUT2D eigenvalue weighted by molar-refractivity contribution is -0.191. The first-order chi connectivity index (χ1) is 25.0. The molecule has 0 aromatic heterocycles. The Hall–Kier alpha value is -2.76. The van der Waals surface area contributed by atoms with Gasteiger partial charge in [-0.05, 0) is 105 Å². The number of hydrogen-bond acceptors (Lipinski definition) is 11. The summed E-state index contributed by atoms with van der Waals surface area (Å²) in [5.74, 6) is -4.09. The average molecular weight is 759 g/mol. The summed E-state index contributed by atoms with van der Waals surface area (Å²) in [6.07, 6.45) is 5.57. The summed E-state index contributed by atoms with van der Waals surface area (Å²) in [6, 6.07) is 0. The number of esters is 4. The van der Waals surface area contributed by atoms with Crippen LogP contribution >= 0.6 is 0 Å². The zero-order valence-corrected chi connectivity index (χ0v) is 34.4. The number of hydrogen-bond donors (Lipinski definition) is 1. The lowest BCUT2D eigenvalue weighted by Crippen LogP contribution is -2.55. The van der Waals surface area contributed by atoms with E-state index >= 15 is 0 Å². The van der Waals surface area contributed by atoms with E-state index in [9.17, 15) is 24.3 Å². The molecule has 1 saturated heterocycles. The minimum absolute atomic E-state index is 0.0759. The van der Waals surface area contributed by atoms with Crippen molar-refractivity contribution in [1.82, 2.24) is 0 Å². The van der Waals surface area contributed by atoms with Crippen molar-refractivity contribution in [2.45, 2.75) is 139 Å². The predicted molar refractivity (Wildman–Crippen MR) is 200 cm³/mol. The van der Waals surface area contributed by atoms with E-state index < -0.39 is 72.3 Å². The molecule has 0 aromatic rings. The molecule has 0 bridgehead atoms. The molecule has 3 saturated carbocycles. The number of aliphatic hydroxyl groups excluding tert-OH is 1. The molecule has 4 aliphatic carbocycles. The normalized spacial score (nSPS) is 35.2. The van der Waals surface area contributed by atoms with E-state index in [4.69, 9.17) is 28.4 Å². The van der Waals surface area contributed by atoms with E-state index in [2.05, 4.69) is 54.2 Å². The summed E-state index contributed by atoms with van der Waals surface area (Å²) >= 11 is 0. The highest BCUT2D eigenvalue weighted by molar-refractivity contribution is 5.87. The lowest BCUT2D eigenvalue weighted by Gasteiger charge is -2.58. The number of fused-ring (bicyclic) bond motifs is 4. The Balaban J connectivity index is 1.40. The first-order valence-electron chi connectivity index (χ1n) is 19.9. The van der Waals surface area contributed by atoms with Crippen LogP contribution in [0.1, 0.15) is 120 Å². The third-order valence-electron chi connectivity index (χ3n) is 14.1. The number of methoxy groups -OCH3 is 1. The van der Waals surface area contributed by atoms with Gasteiger partial charge >= 0.3 is 23.9 Å². The van der Waals surface area contributed by atoms with E-state index in [0.717, 1.165) is 49.7 Å². The Morgan fingerprint density at radius 1 is 0.963 bits per heavy atom. The third-order valence-corrected chi connectivity index (χ3v) is 14.1.